The van der Waals surface area contributed by atoms with Crippen molar-refractivity contribution in [2.45, 2.75) is 37.0 Å². The van der Waals surface area contributed by atoms with Crippen LogP contribution in [0, 0.1) is 0 Å². The molecule has 0 aromatic heterocycles. The van der Waals surface area contributed by atoms with E-state index in [0.717, 1.165) is 38.0 Å². The highest BCUT2D eigenvalue weighted by atomic mass is 32.2. The lowest BCUT2D eigenvalue weighted by Crippen LogP contribution is -2.31. The molecule has 7 heteroatoms. The van der Waals surface area contributed by atoms with E-state index in [4.69, 9.17) is 0 Å². The van der Waals surface area contributed by atoms with Crippen molar-refractivity contribution >= 4 is 21.6 Å². The highest BCUT2D eigenvalue weighted by Crippen LogP contribution is 2.28. The Bertz CT molecular complexity index is 968. The van der Waals surface area contributed by atoms with Gasteiger partial charge in [0.05, 0.1) is 10.5 Å². The Morgan fingerprint density at radius 1 is 1.10 bits per heavy atom. The number of nitrogens with zero attached hydrogens (tertiary/aromatic N) is 2. The molecule has 2 aromatic rings. The number of sulfonamides is 1. The number of hydrogen-bond acceptors (Lipinski definition) is 4. The van der Waals surface area contributed by atoms with Crippen LogP contribution in [0.4, 0.5) is 5.69 Å². The zero-order valence-corrected chi connectivity index (χ0v) is 18.8. The lowest BCUT2D eigenvalue weighted by atomic mass is 9.96. The number of carbonyl (C=O) groups is 1. The van der Waals surface area contributed by atoms with Gasteiger partial charge in [-0.25, -0.2) is 12.7 Å². The summed E-state index contributed by atoms with van der Waals surface area (Å²) in [6.45, 7) is 4.36. The standard InChI is InChI=1S/C23H31N3O3S/c1-4-18(19-10-6-5-7-11-19)17-24-23(27)21-16-20(30(28,29)25(2)3)12-13-22(21)26-14-8-9-15-26/h5-7,10-13,16,18H,4,8-9,14-15,17H2,1-3H3,(H,24,27). The van der Waals surface area contributed by atoms with Crippen LogP contribution in [0.2, 0.25) is 0 Å². The Labute approximate surface area is 179 Å². The molecule has 1 amide bonds. The van der Waals surface area contributed by atoms with Crippen LogP contribution in [0.15, 0.2) is 53.4 Å². The summed E-state index contributed by atoms with van der Waals surface area (Å²) in [7, 11) is -0.627. The lowest BCUT2D eigenvalue weighted by molar-refractivity contribution is 0.0951. The van der Waals surface area contributed by atoms with E-state index in [-0.39, 0.29) is 16.7 Å². The van der Waals surface area contributed by atoms with E-state index in [2.05, 4.69) is 29.3 Å². The summed E-state index contributed by atoms with van der Waals surface area (Å²) < 4.78 is 26.4. The molecule has 1 fully saturated rings. The monoisotopic (exact) mass is 429 g/mol. The topological polar surface area (TPSA) is 69.7 Å². The van der Waals surface area contributed by atoms with E-state index >= 15 is 0 Å². The number of amides is 1. The third-order valence-electron chi connectivity index (χ3n) is 5.71. The number of rotatable bonds is 8. The molecule has 1 unspecified atom stereocenters. The molecular formula is C23H31N3O3S. The van der Waals surface area contributed by atoms with Gasteiger partial charge in [-0.3, -0.25) is 4.79 Å². The molecule has 1 N–H and O–H groups in total. The average molecular weight is 430 g/mol. The van der Waals surface area contributed by atoms with Crippen molar-refractivity contribution < 1.29 is 13.2 Å². The zero-order valence-electron chi connectivity index (χ0n) is 18.0. The molecule has 2 aromatic carbocycles. The summed E-state index contributed by atoms with van der Waals surface area (Å²) in [5, 5.41) is 3.05. The largest absolute Gasteiger partial charge is 0.371 e. The summed E-state index contributed by atoms with van der Waals surface area (Å²) >= 11 is 0. The van der Waals surface area contributed by atoms with Crippen molar-refractivity contribution in [3.8, 4) is 0 Å². The van der Waals surface area contributed by atoms with Crippen LogP contribution < -0.4 is 10.2 Å². The Kier molecular flexibility index (Phi) is 7.15. The number of nitrogens with one attached hydrogen (secondary N) is 1. The molecule has 1 saturated heterocycles. The molecular weight excluding hydrogens is 398 g/mol. The summed E-state index contributed by atoms with van der Waals surface area (Å²) in [6, 6.07) is 15.0. The second kappa shape index (κ2) is 9.62. The summed E-state index contributed by atoms with van der Waals surface area (Å²) in [6.07, 6.45) is 3.05. The van der Waals surface area contributed by atoms with Crippen LogP contribution >= 0.6 is 0 Å². The SMILES string of the molecule is CCC(CNC(=O)c1cc(S(=O)(=O)N(C)C)ccc1N1CCCC1)c1ccccc1. The van der Waals surface area contributed by atoms with Gasteiger partial charge in [0.15, 0.2) is 0 Å². The van der Waals surface area contributed by atoms with Gasteiger partial charge in [-0.1, -0.05) is 37.3 Å². The molecule has 0 spiro atoms. The number of hydrogen-bond donors (Lipinski definition) is 1. The van der Waals surface area contributed by atoms with Crippen LogP contribution in [-0.2, 0) is 10.0 Å². The minimum absolute atomic E-state index is 0.135. The Morgan fingerprint density at radius 3 is 2.37 bits per heavy atom. The van der Waals surface area contributed by atoms with Crippen molar-refractivity contribution in [1.29, 1.82) is 0 Å². The molecule has 1 heterocycles. The predicted molar refractivity (Wildman–Crippen MR) is 121 cm³/mol. The van der Waals surface area contributed by atoms with Crippen LogP contribution in [-0.4, -0.2) is 52.4 Å². The van der Waals surface area contributed by atoms with E-state index in [1.807, 2.05) is 18.2 Å². The number of carbonyl (C=O) groups excluding carboxylic acids is 1. The van der Waals surface area contributed by atoms with E-state index in [9.17, 15) is 13.2 Å². The van der Waals surface area contributed by atoms with E-state index < -0.39 is 10.0 Å². The highest BCUT2D eigenvalue weighted by molar-refractivity contribution is 7.89. The van der Waals surface area contributed by atoms with Gasteiger partial charge < -0.3 is 10.2 Å². The molecule has 0 saturated carbocycles. The molecule has 0 radical (unpaired) electrons. The van der Waals surface area contributed by atoms with Crippen molar-refractivity contribution in [3.63, 3.8) is 0 Å². The molecule has 0 aliphatic carbocycles. The van der Waals surface area contributed by atoms with Gasteiger partial charge >= 0.3 is 0 Å². The van der Waals surface area contributed by atoms with Gasteiger partial charge in [0, 0.05) is 45.3 Å². The van der Waals surface area contributed by atoms with Gasteiger partial charge in [-0.05, 0) is 43.0 Å². The maximum atomic E-state index is 13.2. The minimum atomic E-state index is -3.62. The first-order valence-electron chi connectivity index (χ1n) is 10.5. The first-order valence-corrected chi connectivity index (χ1v) is 11.9. The summed E-state index contributed by atoms with van der Waals surface area (Å²) in [5.74, 6) is -0.0267. The Balaban J connectivity index is 1.88. The first-order chi connectivity index (χ1) is 14.3. The van der Waals surface area contributed by atoms with Gasteiger partial charge in [0.25, 0.3) is 5.91 Å². The number of anilines is 1. The minimum Gasteiger partial charge on any atom is -0.371 e. The van der Waals surface area contributed by atoms with Crippen LogP contribution in [0.5, 0.6) is 0 Å². The smallest absolute Gasteiger partial charge is 0.253 e. The van der Waals surface area contributed by atoms with Crippen molar-refractivity contribution in [2.24, 2.45) is 0 Å². The van der Waals surface area contributed by atoms with Crippen molar-refractivity contribution in [2.75, 3.05) is 38.6 Å². The summed E-state index contributed by atoms with van der Waals surface area (Å²) in [4.78, 5) is 15.5. The molecule has 1 aliphatic rings. The third kappa shape index (κ3) is 4.84. The Morgan fingerprint density at radius 2 is 1.77 bits per heavy atom. The molecule has 1 aliphatic heterocycles. The maximum absolute atomic E-state index is 13.2. The maximum Gasteiger partial charge on any atom is 0.253 e. The van der Waals surface area contributed by atoms with Gasteiger partial charge in [-0.2, -0.15) is 0 Å². The van der Waals surface area contributed by atoms with Gasteiger partial charge in [0.1, 0.15) is 0 Å². The second-order valence-corrected chi connectivity index (χ2v) is 10.0. The van der Waals surface area contributed by atoms with Gasteiger partial charge in [-0.15, -0.1) is 0 Å². The number of benzene rings is 2. The molecule has 0 bridgehead atoms. The van der Waals surface area contributed by atoms with Crippen molar-refractivity contribution in [1.82, 2.24) is 9.62 Å². The normalized spacial score (nSPS) is 15.4. The van der Waals surface area contributed by atoms with Crippen LogP contribution in [0.1, 0.15) is 48.0 Å². The second-order valence-electron chi connectivity index (χ2n) is 7.89. The van der Waals surface area contributed by atoms with Crippen LogP contribution in [0.25, 0.3) is 0 Å². The summed E-state index contributed by atoms with van der Waals surface area (Å²) in [5.41, 5.74) is 2.40. The molecule has 162 valence electrons. The van der Waals surface area contributed by atoms with E-state index in [1.54, 1.807) is 12.1 Å². The molecule has 30 heavy (non-hydrogen) atoms. The van der Waals surface area contributed by atoms with Crippen molar-refractivity contribution in [3.05, 3.63) is 59.7 Å². The van der Waals surface area contributed by atoms with E-state index in [1.165, 1.54) is 30.0 Å². The lowest BCUT2D eigenvalue weighted by Gasteiger charge is -2.23. The van der Waals surface area contributed by atoms with Crippen LogP contribution in [0.3, 0.4) is 0 Å². The van der Waals surface area contributed by atoms with Gasteiger partial charge in [0.2, 0.25) is 10.0 Å². The fourth-order valence-corrected chi connectivity index (χ4v) is 4.76. The molecule has 3 rings (SSSR count). The Hall–Kier alpha value is -2.38. The molecule has 6 nitrogen and oxygen atoms in total. The predicted octanol–water partition coefficient (Wildman–Crippen LogP) is 3.46. The third-order valence-corrected chi connectivity index (χ3v) is 7.52. The van der Waals surface area contributed by atoms with E-state index in [0.29, 0.717) is 12.1 Å². The quantitative estimate of drug-likeness (QED) is 0.698. The molecule has 1 atom stereocenters. The highest BCUT2D eigenvalue weighted by Gasteiger charge is 2.25. The fourth-order valence-electron chi connectivity index (χ4n) is 3.84. The zero-order chi connectivity index (χ0) is 21.7. The average Bonchev–Trinajstić information content (AvgIpc) is 3.29. The fraction of sp³-hybridized carbons (Fsp3) is 0.435. The first kappa shape index (κ1) is 22.3.